The van der Waals surface area contributed by atoms with Gasteiger partial charge in [0.25, 0.3) is 0 Å². The lowest BCUT2D eigenvalue weighted by atomic mass is 10.0. The van der Waals surface area contributed by atoms with E-state index in [2.05, 4.69) is 5.32 Å². The molecule has 0 aromatic heterocycles. The zero-order chi connectivity index (χ0) is 24.6. The highest BCUT2D eigenvalue weighted by Crippen LogP contribution is 2.12. The van der Waals surface area contributed by atoms with E-state index in [0.717, 1.165) is 0 Å². The van der Waals surface area contributed by atoms with Crippen LogP contribution in [0.25, 0.3) is 0 Å². The Labute approximate surface area is 184 Å². The van der Waals surface area contributed by atoms with Crippen LogP contribution in [0.4, 0.5) is 0 Å². The van der Waals surface area contributed by atoms with E-state index in [1.807, 2.05) is 0 Å². The zero-order valence-electron chi connectivity index (χ0n) is 17.6. The van der Waals surface area contributed by atoms with E-state index in [4.69, 9.17) is 34.6 Å². The number of carbonyl (C=O) groups is 3. The first-order valence-electron chi connectivity index (χ1n) is 9.81. The van der Waals surface area contributed by atoms with E-state index in [0.29, 0.717) is 0 Å². The smallest absolute Gasteiger partial charge is 0.305 e. The van der Waals surface area contributed by atoms with E-state index in [1.54, 1.807) is 0 Å². The maximum absolute atomic E-state index is 10.7. The number of aliphatic hydroxyl groups is 4. The Morgan fingerprint density at radius 2 is 1.09 bits per heavy atom. The second kappa shape index (κ2) is 16.7. The number of aliphatic carboxylic acids is 3. The Hall–Kier alpha value is -1.91. The van der Waals surface area contributed by atoms with Gasteiger partial charge in [-0.05, 0) is 0 Å². The molecule has 0 fully saturated rings. The molecule has 0 aromatic rings. The molecular weight excluding hydrogens is 438 g/mol. The van der Waals surface area contributed by atoms with Crippen LogP contribution in [0.5, 0.6) is 0 Å². The first-order chi connectivity index (χ1) is 15.0. The van der Waals surface area contributed by atoms with E-state index >= 15 is 0 Å². The Morgan fingerprint density at radius 3 is 1.41 bits per heavy atom. The minimum absolute atomic E-state index is 0.183. The summed E-state index contributed by atoms with van der Waals surface area (Å²) in [5.41, 5.74) is -1.29. The largest absolute Gasteiger partial charge is 0.481 e. The van der Waals surface area contributed by atoms with Gasteiger partial charge in [-0.3, -0.25) is 14.4 Å². The number of aliphatic hydroxyl groups excluding tert-OH is 4. The average molecular weight is 471 g/mol. The molecule has 0 rings (SSSR count). The van der Waals surface area contributed by atoms with Crippen LogP contribution in [0.3, 0.4) is 0 Å². The Bertz CT molecular complexity index is 504. The molecule has 0 aliphatic rings. The second-order valence-electron chi connectivity index (χ2n) is 7.06. The SMILES string of the molecule is O=C(O)CCOCC(COCCC(=O)O)(COCCC(=O)O)NC[C@H](O)[C@@H](O)[C@H](O)CO. The third-order valence-electron chi connectivity index (χ3n) is 4.18. The number of hydrogen-bond acceptors (Lipinski definition) is 11. The van der Waals surface area contributed by atoms with E-state index in [1.165, 1.54) is 0 Å². The molecule has 0 spiro atoms. The number of carboxylic acid groups (broad SMARTS) is 3. The number of carboxylic acids is 3. The summed E-state index contributed by atoms with van der Waals surface area (Å²) in [6.45, 7) is -2.39. The van der Waals surface area contributed by atoms with Crippen molar-refractivity contribution < 1.29 is 64.3 Å². The van der Waals surface area contributed by atoms with Gasteiger partial charge in [-0.25, -0.2) is 0 Å². The molecule has 0 unspecified atom stereocenters. The summed E-state index contributed by atoms with van der Waals surface area (Å²) in [7, 11) is 0. The molecule has 0 aliphatic heterocycles. The van der Waals surface area contributed by atoms with Crippen molar-refractivity contribution >= 4 is 17.9 Å². The van der Waals surface area contributed by atoms with Gasteiger partial charge in [0, 0.05) is 6.54 Å². The van der Waals surface area contributed by atoms with Crippen molar-refractivity contribution in [2.45, 2.75) is 43.1 Å². The van der Waals surface area contributed by atoms with Crippen molar-refractivity contribution in [3.63, 3.8) is 0 Å². The average Bonchev–Trinajstić information content (AvgIpc) is 2.73. The van der Waals surface area contributed by atoms with Gasteiger partial charge >= 0.3 is 17.9 Å². The fourth-order valence-corrected chi connectivity index (χ4v) is 2.37. The predicted molar refractivity (Wildman–Crippen MR) is 105 cm³/mol. The van der Waals surface area contributed by atoms with Crippen molar-refractivity contribution in [1.82, 2.24) is 5.32 Å². The number of nitrogens with one attached hydrogen (secondary N) is 1. The Morgan fingerprint density at radius 1 is 0.719 bits per heavy atom. The lowest BCUT2D eigenvalue weighted by molar-refractivity contribution is -0.139. The minimum atomic E-state index is -1.70. The van der Waals surface area contributed by atoms with E-state index < -0.39 is 48.4 Å². The first kappa shape index (κ1) is 30.1. The lowest BCUT2D eigenvalue weighted by Crippen LogP contribution is -2.60. The van der Waals surface area contributed by atoms with Crippen LogP contribution >= 0.6 is 0 Å². The van der Waals surface area contributed by atoms with Crippen LogP contribution < -0.4 is 5.32 Å². The summed E-state index contributed by atoms with van der Waals surface area (Å²) in [5, 5.41) is 67.3. The molecule has 188 valence electrons. The maximum Gasteiger partial charge on any atom is 0.305 e. The highest BCUT2D eigenvalue weighted by molar-refractivity contribution is 5.67. The molecule has 8 N–H and O–H groups in total. The molecule has 0 heterocycles. The first-order valence-corrected chi connectivity index (χ1v) is 9.81. The van der Waals surface area contributed by atoms with Crippen LogP contribution in [0.15, 0.2) is 0 Å². The summed E-state index contributed by atoms with van der Waals surface area (Å²) in [5.74, 6) is -3.30. The normalized spacial score (nSPS) is 14.6. The van der Waals surface area contributed by atoms with Gasteiger partial charge in [0.05, 0.1) is 77.2 Å². The van der Waals surface area contributed by atoms with Crippen LogP contribution in [0, 0.1) is 0 Å². The fraction of sp³-hybridized carbons (Fsp3) is 0.833. The molecule has 14 heteroatoms. The van der Waals surface area contributed by atoms with Crippen molar-refractivity contribution in [1.29, 1.82) is 0 Å². The standard InChI is InChI=1S/C18H33NO13/c20-8-13(22)17(29)12(21)7-19-18(9-30-4-1-14(23)24,10-31-5-2-15(25)26)11-32-6-3-16(27)28/h12-13,17,19-22,29H,1-11H2,(H,23,24)(H,25,26)(H,27,28)/t12-,13+,17+/m0/s1. The highest BCUT2D eigenvalue weighted by atomic mass is 16.5. The van der Waals surface area contributed by atoms with Crippen LogP contribution in [-0.4, -0.2) is 130 Å². The number of rotatable bonds is 21. The third-order valence-corrected chi connectivity index (χ3v) is 4.18. The van der Waals surface area contributed by atoms with Crippen molar-refractivity contribution in [2.75, 3.05) is 52.8 Å². The minimum Gasteiger partial charge on any atom is -0.481 e. The molecule has 32 heavy (non-hydrogen) atoms. The molecule has 0 aromatic carbocycles. The molecule has 3 atom stereocenters. The van der Waals surface area contributed by atoms with Gasteiger partial charge in [0.1, 0.15) is 12.2 Å². The maximum atomic E-state index is 10.7. The molecular formula is C18H33NO13. The highest BCUT2D eigenvalue weighted by Gasteiger charge is 2.34. The van der Waals surface area contributed by atoms with Crippen LogP contribution in [0.1, 0.15) is 19.3 Å². The van der Waals surface area contributed by atoms with Crippen LogP contribution in [0.2, 0.25) is 0 Å². The molecule has 14 nitrogen and oxygen atoms in total. The fourth-order valence-electron chi connectivity index (χ4n) is 2.37. The summed E-state index contributed by atoms with van der Waals surface area (Å²) in [6, 6.07) is 0. The number of ether oxygens (including phenoxy) is 3. The lowest BCUT2D eigenvalue weighted by Gasteiger charge is -2.36. The molecule has 0 saturated carbocycles. The molecule has 0 aliphatic carbocycles. The van der Waals surface area contributed by atoms with Gasteiger partial charge in [-0.2, -0.15) is 0 Å². The van der Waals surface area contributed by atoms with Crippen LogP contribution in [-0.2, 0) is 28.6 Å². The molecule has 0 amide bonds. The molecule has 0 bridgehead atoms. The van der Waals surface area contributed by atoms with Crippen molar-refractivity contribution in [2.24, 2.45) is 0 Å². The Kier molecular flexibility index (Phi) is 15.7. The second-order valence-corrected chi connectivity index (χ2v) is 7.06. The van der Waals surface area contributed by atoms with Gasteiger partial charge < -0.3 is 55.3 Å². The van der Waals surface area contributed by atoms with Gasteiger partial charge in [0.2, 0.25) is 0 Å². The van der Waals surface area contributed by atoms with Gasteiger partial charge in [0.15, 0.2) is 0 Å². The Balaban J connectivity index is 5.27. The van der Waals surface area contributed by atoms with Crippen molar-refractivity contribution in [3.05, 3.63) is 0 Å². The predicted octanol–water partition coefficient (Wildman–Crippen LogP) is -3.14. The number of β-amino-alcohol motifs (C(OH)–C–C–N with tert-alkyl or cyclic N) is 1. The molecule has 0 saturated heterocycles. The van der Waals surface area contributed by atoms with Crippen molar-refractivity contribution in [3.8, 4) is 0 Å². The molecule has 0 radical (unpaired) electrons. The zero-order valence-corrected chi connectivity index (χ0v) is 17.6. The number of hydrogen-bond donors (Lipinski definition) is 8. The van der Waals surface area contributed by atoms with Gasteiger partial charge in [-0.15, -0.1) is 0 Å². The monoisotopic (exact) mass is 471 g/mol. The quantitative estimate of drug-likeness (QED) is 0.0773. The summed E-state index contributed by atoms with van der Waals surface area (Å²) < 4.78 is 16.1. The summed E-state index contributed by atoms with van der Waals surface area (Å²) in [6.07, 6.45) is -5.77. The summed E-state index contributed by atoms with van der Waals surface area (Å²) >= 11 is 0. The van der Waals surface area contributed by atoms with E-state index in [9.17, 15) is 29.7 Å². The summed E-state index contributed by atoms with van der Waals surface area (Å²) in [4.78, 5) is 32.1. The van der Waals surface area contributed by atoms with E-state index in [-0.39, 0.29) is 65.4 Å². The van der Waals surface area contributed by atoms with Gasteiger partial charge in [-0.1, -0.05) is 0 Å². The third kappa shape index (κ3) is 14.2. The topological polar surface area (TPSA) is 233 Å².